The normalized spacial score (nSPS) is 16.3. The van der Waals surface area contributed by atoms with Crippen molar-refractivity contribution in [1.29, 1.82) is 0 Å². The molecule has 0 aromatic heterocycles. The third kappa shape index (κ3) is 3.62. The molecule has 1 aromatic rings. The summed E-state index contributed by atoms with van der Waals surface area (Å²) in [6.45, 7) is 5.47. The van der Waals surface area contributed by atoms with Crippen molar-refractivity contribution in [3.8, 4) is 0 Å². The molecule has 0 bridgehead atoms. The Morgan fingerprint density at radius 3 is 2.58 bits per heavy atom. The SMILES string of the molecule is CC(C)CN(c1ccc(F)cc1CCl)C1CCCC1. The van der Waals surface area contributed by atoms with E-state index in [9.17, 15) is 4.39 Å². The minimum Gasteiger partial charge on any atom is -0.368 e. The fourth-order valence-corrected chi connectivity index (χ4v) is 3.21. The zero-order chi connectivity index (χ0) is 13.8. The van der Waals surface area contributed by atoms with Crippen molar-refractivity contribution in [2.75, 3.05) is 11.4 Å². The van der Waals surface area contributed by atoms with Crippen LogP contribution < -0.4 is 4.90 Å². The molecule has 1 nitrogen and oxygen atoms in total. The lowest BCUT2D eigenvalue weighted by molar-refractivity contribution is 0.534. The van der Waals surface area contributed by atoms with E-state index in [1.54, 1.807) is 12.1 Å². The summed E-state index contributed by atoms with van der Waals surface area (Å²) in [6, 6.07) is 5.61. The maximum Gasteiger partial charge on any atom is 0.123 e. The number of rotatable bonds is 5. The van der Waals surface area contributed by atoms with Gasteiger partial charge in [0, 0.05) is 24.2 Å². The molecule has 1 aliphatic rings. The molecule has 0 radical (unpaired) electrons. The highest BCUT2D eigenvalue weighted by molar-refractivity contribution is 6.17. The lowest BCUT2D eigenvalue weighted by Gasteiger charge is -2.34. The fraction of sp³-hybridized carbons (Fsp3) is 0.625. The van der Waals surface area contributed by atoms with Gasteiger partial charge in [-0.15, -0.1) is 11.6 Å². The molecule has 0 N–H and O–H groups in total. The van der Waals surface area contributed by atoms with Crippen LogP contribution >= 0.6 is 11.6 Å². The number of hydrogen-bond acceptors (Lipinski definition) is 1. The second kappa shape index (κ2) is 6.60. The maximum absolute atomic E-state index is 13.4. The molecule has 0 atom stereocenters. The lowest BCUT2D eigenvalue weighted by Crippen LogP contribution is -2.37. The van der Waals surface area contributed by atoms with Gasteiger partial charge >= 0.3 is 0 Å². The molecule has 0 amide bonds. The van der Waals surface area contributed by atoms with Crippen molar-refractivity contribution in [2.24, 2.45) is 5.92 Å². The van der Waals surface area contributed by atoms with Gasteiger partial charge in [-0.05, 0) is 42.5 Å². The van der Waals surface area contributed by atoms with Crippen LogP contribution in [0.4, 0.5) is 10.1 Å². The molecule has 0 saturated heterocycles. The summed E-state index contributed by atoms with van der Waals surface area (Å²) in [5, 5.41) is 0. The molecular formula is C16H23ClFN. The monoisotopic (exact) mass is 283 g/mol. The van der Waals surface area contributed by atoms with Crippen molar-refractivity contribution in [3.63, 3.8) is 0 Å². The quantitative estimate of drug-likeness (QED) is 0.690. The van der Waals surface area contributed by atoms with Gasteiger partial charge in [0.25, 0.3) is 0 Å². The molecule has 1 saturated carbocycles. The van der Waals surface area contributed by atoms with Crippen LogP contribution in [0.1, 0.15) is 45.1 Å². The zero-order valence-electron chi connectivity index (χ0n) is 11.8. The minimum atomic E-state index is -0.199. The molecule has 3 heteroatoms. The average molecular weight is 284 g/mol. The predicted molar refractivity (Wildman–Crippen MR) is 80.4 cm³/mol. The number of benzene rings is 1. The van der Waals surface area contributed by atoms with E-state index in [2.05, 4.69) is 18.7 Å². The van der Waals surface area contributed by atoms with E-state index in [-0.39, 0.29) is 5.82 Å². The van der Waals surface area contributed by atoms with Crippen molar-refractivity contribution >= 4 is 17.3 Å². The minimum absolute atomic E-state index is 0.199. The number of halogens is 2. The summed E-state index contributed by atoms with van der Waals surface area (Å²) < 4.78 is 13.4. The first-order chi connectivity index (χ1) is 9.11. The van der Waals surface area contributed by atoms with Gasteiger partial charge in [0.2, 0.25) is 0 Å². The van der Waals surface area contributed by atoms with Gasteiger partial charge in [-0.2, -0.15) is 0 Å². The Morgan fingerprint density at radius 2 is 2.00 bits per heavy atom. The van der Waals surface area contributed by atoms with Crippen LogP contribution in [0.25, 0.3) is 0 Å². The predicted octanol–water partition coefficient (Wildman–Crippen LogP) is 4.97. The van der Waals surface area contributed by atoms with Crippen LogP contribution in [-0.2, 0) is 5.88 Å². The molecule has 0 aliphatic heterocycles. The van der Waals surface area contributed by atoms with E-state index < -0.39 is 0 Å². The Kier molecular flexibility index (Phi) is 5.09. The molecule has 0 unspecified atom stereocenters. The van der Waals surface area contributed by atoms with Crippen LogP contribution in [0.15, 0.2) is 18.2 Å². The largest absolute Gasteiger partial charge is 0.368 e. The van der Waals surface area contributed by atoms with Crippen LogP contribution in [0.3, 0.4) is 0 Å². The Balaban J connectivity index is 2.30. The third-order valence-corrected chi connectivity index (χ3v) is 4.11. The molecule has 0 heterocycles. The Labute approximate surface area is 120 Å². The molecular weight excluding hydrogens is 261 g/mol. The molecule has 1 fully saturated rings. The highest BCUT2D eigenvalue weighted by Crippen LogP contribution is 2.32. The van der Waals surface area contributed by atoms with Crippen molar-refractivity contribution < 1.29 is 4.39 Å². The number of alkyl halides is 1. The topological polar surface area (TPSA) is 3.24 Å². The Morgan fingerprint density at radius 1 is 1.32 bits per heavy atom. The lowest BCUT2D eigenvalue weighted by atomic mass is 10.1. The summed E-state index contributed by atoms with van der Waals surface area (Å²) in [7, 11) is 0. The molecule has 2 rings (SSSR count). The second-order valence-electron chi connectivity index (χ2n) is 5.89. The standard InChI is InChI=1S/C16H23ClFN/c1-12(2)11-19(15-5-3-4-6-15)16-8-7-14(18)9-13(16)10-17/h7-9,12,15H,3-6,10-11H2,1-2H3. The van der Waals surface area contributed by atoms with E-state index in [0.29, 0.717) is 17.8 Å². The van der Waals surface area contributed by atoms with E-state index >= 15 is 0 Å². The summed E-state index contributed by atoms with van der Waals surface area (Å²) in [6.07, 6.45) is 5.09. The second-order valence-corrected chi connectivity index (χ2v) is 6.16. The van der Waals surface area contributed by atoms with Crippen molar-refractivity contribution in [3.05, 3.63) is 29.6 Å². The molecule has 19 heavy (non-hydrogen) atoms. The van der Waals surface area contributed by atoms with Gasteiger partial charge in [0.15, 0.2) is 0 Å². The first kappa shape index (κ1) is 14.6. The fourth-order valence-electron chi connectivity index (χ4n) is 2.99. The van der Waals surface area contributed by atoms with E-state index in [0.717, 1.165) is 17.8 Å². The van der Waals surface area contributed by atoms with Crippen LogP contribution in [0.5, 0.6) is 0 Å². The maximum atomic E-state index is 13.4. The summed E-state index contributed by atoms with van der Waals surface area (Å²) in [5.41, 5.74) is 2.03. The summed E-state index contributed by atoms with van der Waals surface area (Å²) >= 11 is 6.00. The van der Waals surface area contributed by atoms with Crippen LogP contribution in [0, 0.1) is 11.7 Å². The summed E-state index contributed by atoms with van der Waals surface area (Å²) in [5.74, 6) is 0.762. The first-order valence-electron chi connectivity index (χ1n) is 7.23. The number of hydrogen-bond donors (Lipinski definition) is 0. The smallest absolute Gasteiger partial charge is 0.123 e. The van der Waals surface area contributed by atoms with Crippen LogP contribution in [-0.4, -0.2) is 12.6 Å². The van der Waals surface area contributed by atoms with Gasteiger partial charge in [-0.25, -0.2) is 4.39 Å². The molecule has 1 aromatic carbocycles. The van der Waals surface area contributed by atoms with Crippen molar-refractivity contribution in [2.45, 2.75) is 51.5 Å². The highest BCUT2D eigenvalue weighted by Gasteiger charge is 2.25. The van der Waals surface area contributed by atoms with E-state index in [1.807, 2.05) is 6.07 Å². The Bertz CT molecular complexity index is 413. The first-order valence-corrected chi connectivity index (χ1v) is 7.76. The van der Waals surface area contributed by atoms with Crippen LogP contribution in [0.2, 0.25) is 0 Å². The Hall–Kier alpha value is -0.760. The van der Waals surface area contributed by atoms with Gasteiger partial charge in [-0.3, -0.25) is 0 Å². The van der Waals surface area contributed by atoms with E-state index in [4.69, 9.17) is 11.6 Å². The molecule has 1 aliphatic carbocycles. The number of anilines is 1. The van der Waals surface area contributed by atoms with Gasteiger partial charge < -0.3 is 4.90 Å². The third-order valence-electron chi connectivity index (χ3n) is 3.82. The molecule has 106 valence electrons. The number of nitrogens with zero attached hydrogens (tertiary/aromatic N) is 1. The van der Waals surface area contributed by atoms with E-state index in [1.165, 1.54) is 25.7 Å². The van der Waals surface area contributed by atoms with Gasteiger partial charge in [0.1, 0.15) is 5.82 Å². The van der Waals surface area contributed by atoms with Gasteiger partial charge in [0.05, 0.1) is 0 Å². The molecule has 0 spiro atoms. The average Bonchev–Trinajstić information content (AvgIpc) is 2.89. The van der Waals surface area contributed by atoms with Gasteiger partial charge in [-0.1, -0.05) is 26.7 Å². The van der Waals surface area contributed by atoms with Crippen molar-refractivity contribution in [1.82, 2.24) is 0 Å². The summed E-state index contributed by atoms with van der Waals surface area (Å²) in [4.78, 5) is 2.45. The zero-order valence-corrected chi connectivity index (χ0v) is 12.6. The highest BCUT2D eigenvalue weighted by atomic mass is 35.5.